The number of hydrogen-bond donors (Lipinski definition) is 0. The lowest BCUT2D eigenvalue weighted by Crippen LogP contribution is -2.55. The van der Waals surface area contributed by atoms with Crippen molar-refractivity contribution in [1.29, 1.82) is 0 Å². The first-order valence-electron chi connectivity index (χ1n) is 5.32. The molecule has 0 N–H and O–H groups in total. The van der Waals surface area contributed by atoms with Gasteiger partial charge in [-0.25, -0.2) is 9.59 Å². The summed E-state index contributed by atoms with van der Waals surface area (Å²) in [5.74, 6) is -0.447. The Labute approximate surface area is 87.2 Å². The van der Waals surface area contributed by atoms with Crippen molar-refractivity contribution >= 4 is 11.9 Å². The Bertz CT molecular complexity index is 360. The Hall–Kier alpha value is -1.32. The summed E-state index contributed by atoms with van der Waals surface area (Å²) in [4.78, 5) is 22.7. The van der Waals surface area contributed by atoms with Gasteiger partial charge >= 0.3 is 11.9 Å². The van der Waals surface area contributed by atoms with E-state index in [2.05, 4.69) is 0 Å². The van der Waals surface area contributed by atoms with E-state index in [1.165, 1.54) is 0 Å². The number of esters is 2. The van der Waals surface area contributed by atoms with Crippen LogP contribution in [0.5, 0.6) is 0 Å². The molecule has 2 fully saturated rings. The first kappa shape index (κ1) is 8.95. The van der Waals surface area contributed by atoms with E-state index < -0.39 is 17.5 Å². The van der Waals surface area contributed by atoms with Crippen molar-refractivity contribution in [2.45, 2.75) is 37.4 Å². The Kier molecular flexibility index (Phi) is 1.69. The lowest BCUT2D eigenvalue weighted by atomic mass is 9.70. The normalized spacial score (nSPS) is 45.1. The first-order valence-corrected chi connectivity index (χ1v) is 5.32. The SMILES string of the molecule is O=C1/C=C/C(=O)OC23CCC2CCC3O1. The van der Waals surface area contributed by atoms with Crippen molar-refractivity contribution in [3.05, 3.63) is 12.2 Å². The smallest absolute Gasteiger partial charge is 0.331 e. The van der Waals surface area contributed by atoms with Crippen LogP contribution in [0, 0.1) is 5.92 Å². The lowest BCUT2D eigenvalue weighted by Gasteiger charge is -2.46. The predicted octanol–water partition coefficient (Wildman–Crippen LogP) is 0.954. The molecule has 0 aromatic heterocycles. The first-order chi connectivity index (χ1) is 7.21. The fourth-order valence-corrected chi connectivity index (χ4v) is 2.94. The molecule has 3 aliphatic rings. The average molecular weight is 208 g/mol. The zero-order valence-corrected chi connectivity index (χ0v) is 8.27. The van der Waals surface area contributed by atoms with Gasteiger partial charge in [-0.1, -0.05) is 0 Å². The van der Waals surface area contributed by atoms with E-state index >= 15 is 0 Å². The second-order valence-electron chi connectivity index (χ2n) is 4.45. The summed E-state index contributed by atoms with van der Waals surface area (Å²) in [6, 6.07) is 0. The largest absolute Gasteiger partial charge is 0.455 e. The van der Waals surface area contributed by atoms with Gasteiger partial charge in [0.1, 0.15) is 6.10 Å². The fourth-order valence-electron chi connectivity index (χ4n) is 2.94. The third kappa shape index (κ3) is 1.14. The van der Waals surface area contributed by atoms with E-state index in [1.54, 1.807) is 0 Å². The molecular formula is C11H12O4. The molecular weight excluding hydrogens is 196 g/mol. The second kappa shape index (κ2) is 2.84. The van der Waals surface area contributed by atoms with Gasteiger partial charge in [0, 0.05) is 18.1 Å². The number of carbonyl (C=O) groups is 2. The maximum Gasteiger partial charge on any atom is 0.331 e. The minimum absolute atomic E-state index is 0.224. The van der Waals surface area contributed by atoms with E-state index in [0.29, 0.717) is 5.92 Å². The highest BCUT2D eigenvalue weighted by molar-refractivity contribution is 5.92. The van der Waals surface area contributed by atoms with E-state index in [4.69, 9.17) is 9.47 Å². The average Bonchev–Trinajstić information content (AvgIpc) is 2.37. The van der Waals surface area contributed by atoms with Crippen LogP contribution in [-0.4, -0.2) is 23.6 Å². The molecule has 0 aromatic rings. The molecule has 4 heteroatoms. The minimum atomic E-state index is -0.489. The highest BCUT2D eigenvalue weighted by Gasteiger charge is 2.61. The highest BCUT2D eigenvalue weighted by atomic mass is 16.6. The van der Waals surface area contributed by atoms with Gasteiger partial charge in [-0.2, -0.15) is 0 Å². The molecule has 0 bridgehead atoms. The topological polar surface area (TPSA) is 52.6 Å². The van der Waals surface area contributed by atoms with Crippen molar-refractivity contribution < 1.29 is 19.1 Å². The van der Waals surface area contributed by atoms with Crippen LogP contribution in [0.15, 0.2) is 12.2 Å². The van der Waals surface area contributed by atoms with Crippen LogP contribution in [0.3, 0.4) is 0 Å². The summed E-state index contributed by atoms with van der Waals surface area (Å²) in [6.07, 6.45) is 5.78. The lowest BCUT2D eigenvalue weighted by molar-refractivity contribution is -0.201. The molecule has 0 amide bonds. The van der Waals surface area contributed by atoms with Crippen molar-refractivity contribution in [3.63, 3.8) is 0 Å². The highest BCUT2D eigenvalue weighted by Crippen LogP contribution is 2.54. The number of rotatable bonds is 0. The maximum absolute atomic E-state index is 11.4. The van der Waals surface area contributed by atoms with Gasteiger partial charge in [0.2, 0.25) is 0 Å². The van der Waals surface area contributed by atoms with Crippen LogP contribution >= 0.6 is 0 Å². The summed E-state index contributed by atoms with van der Waals surface area (Å²) in [7, 11) is 0. The third-order valence-electron chi connectivity index (χ3n) is 3.80. The predicted molar refractivity (Wildman–Crippen MR) is 49.8 cm³/mol. The minimum Gasteiger partial charge on any atom is -0.455 e. The molecule has 2 saturated carbocycles. The molecule has 4 nitrogen and oxygen atoms in total. The van der Waals surface area contributed by atoms with E-state index in [-0.39, 0.29) is 6.10 Å². The van der Waals surface area contributed by atoms with Gasteiger partial charge in [-0.05, 0) is 25.7 Å². The van der Waals surface area contributed by atoms with Gasteiger partial charge in [0.25, 0.3) is 0 Å². The summed E-state index contributed by atoms with van der Waals surface area (Å²) in [6.45, 7) is 0. The standard InChI is InChI=1S/C11H12O4/c12-9-3-4-10(13)15-11-6-5-7(11)1-2-8(11)14-9/h3-4,7-8H,1-2,5-6H2/b4-3+. The van der Waals surface area contributed by atoms with Gasteiger partial charge in [0.15, 0.2) is 5.60 Å². The van der Waals surface area contributed by atoms with Crippen molar-refractivity contribution in [2.75, 3.05) is 0 Å². The summed E-state index contributed by atoms with van der Waals surface area (Å²) < 4.78 is 10.7. The van der Waals surface area contributed by atoms with Crippen LogP contribution < -0.4 is 0 Å². The molecule has 3 unspecified atom stereocenters. The van der Waals surface area contributed by atoms with Crippen molar-refractivity contribution in [3.8, 4) is 0 Å². The zero-order chi connectivity index (χ0) is 10.5. The Morgan fingerprint density at radius 3 is 2.67 bits per heavy atom. The maximum atomic E-state index is 11.4. The molecule has 1 spiro atoms. The van der Waals surface area contributed by atoms with Gasteiger partial charge < -0.3 is 9.47 Å². The van der Waals surface area contributed by atoms with Crippen molar-refractivity contribution in [2.24, 2.45) is 5.92 Å². The van der Waals surface area contributed by atoms with E-state index in [9.17, 15) is 9.59 Å². The summed E-state index contributed by atoms with van der Waals surface area (Å²) in [5, 5.41) is 0. The fraction of sp³-hybridized carbons (Fsp3) is 0.636. The molecule has 2 aliphatic carbocycles. The van der Waals surface area contributed by atoms with Crippen LogP contribution in [0.4, 0.5) is 0 Å². The molecule has 3 atom stereocenters. The molecule has 0 aromatic carbocycles. The Morgan fingerprint density at radius 2 is 1.93 bits per heavy atom. The molecule has 1 heterocycles. The van der Waals surface area contributed by atoms with Crippen LogP contribution in [0.2, 0.25) is 0 Å². The molecule has 3 rings (SSSR count). The second-order valence-corrected chi connectivity index (χ2v) is 4.45. The van der Waals surface area contributed by atoms with E-state index in [0.717, 1.165) is 37.8 Å². The monoisotopic (exact) mass is 208 g/mol. The van der Waals surface area contributed by atoms with E-state index in [1.807, 2.05) is 0 Å². The summed E-state index contributed by atoms with van der Waals surface area (Å²) >= 11 is 0. The molecule has 1 aliphatic heterocycles. The van der Waals surface area contributed by atoms with Crippen molar-refractivity contribution in [1.82, 2.24) is 0 Å². The Balaban J connectivity index is 1.95. The molecule has 80 valence electrons. The number of carbonyl (C=O) groups excluding carboxylic acids is 2. The van der Waals surface area contributed by atoms with Gasteiger partial charge in [-0.3, -0.25) is 0 Å². The molecule has 0 saturated heterocycles. The zero-order valence-electron chi connectivity index (χ0n) is 8.27. The quantitative estimate of drug-likeness (QED) is 0.556. The third-order valence-corrected chi connectivity index (χ3v) is 3.80. The Morgan fingerprint density at radius 1 is 1.13 bits per heavy atom. The molecule has 0 radical (unpaired) electrons. The van der Waals surface area contributed by atoms with Crippen LogP contribution in [0.25, 0.3) is 0 Å². The van der Waals surface area contributed by atoms with Crippen LogP contribution in [-0.2, 0) is 19.1 Å². The van der Waals surface area contributed by atoms with Gasteiger partial charge in [-0.15, -0.1) is 0 Å². The number of hydrogen-bond acceptors (Lipinski definition) is 4. The summed E-state index contributed by atoms with van der Waals surface area (Å²) in [5.41, 5.74) is -0.489. The van der Waals surface area contributed by atoms with Crippen LogP contribution in [0.1, 0.15) is 25.7 Å². The molecule has 15 heavy (non-hydrogen) atoms. The van der Waals surface area contributed by atoms with Gasteiger partial charge in [0.05, 0.1) is 0 Å². The number of ether oxygens (including phenoxy) is 2.